The van der Waals surface area contributed by atoms with Gasteiger partial charge in [-0.15, -0.1) is 11.3 Å². The summed E-state index contributed by atoms with van der Waals surface area (Å²) in [6, 6.07) is 4.29. The number of hydrogen-bond donors (Lipinski definition) is 1. The molecule has 0 saturated heterocycles. The number of carboxylic acid groups (broad SMARTS) is 1. The van der Waals surface area contributed by atoms with Gasteiger partial charge in [0.2, 0.25) is 0 Å². The average molecular weight is 224 g/mol. The highest BCUT2D eigenvalue weighted by Crippen LogP contribution is 2.45. The Balaban J connectivity index is 1.89. The summed E-state index contributed by atoms with van der Waals surface area (Å²) >= 11 is 1.82. The molecule has 0 amide bonds. The van der Waals surface area contributed by atoms with E-state index in [2.05, 4.69) is 26.0 Å². The van der Waals surface area contributed by atoms with Crippen molar-refractivity contribution >= 4 is 17.3 Å². The minimum atomic E-state index is -0.616. The van der Waals surface area contributed by atoms with Crippen molar-refractivity contribution in [2.24, 2.45) is 17.8 Å². The van der Waals surface area contributed by atoms with Gasteiger partial charge in [-0.1, -0.05) is 6.92 Å². The highest BCUT2D eigenvalue weighted by atomic mass is 32.1. The van der Waals surface area contributed by atoms with Crippen molar-refractivity contribution in [3.8, 4) is 0 Å². The van der Waals surface area contributed by atoms with Gasteiger partial charge in [0.25, 0.3) is 0 Å². The zero-order chi connectivity index (χ0) is 11.0. The molecule has 0 spiro atoms. The Hall–Kier alpha value is -0.830. The van der Waals surface area contributed by atoms with Crippen LogP contribution in [0.3, 0.4) is 0 Å². The first-order chi connectivity index (χ1) is 7.08. The highest BCUT2D eigenvalue weighted by molar-refractivity contribution is 7.11. The van der Waals surface area contributed by atoms with E-state index >= 15 is 0 Å². The standard InChI is InChI=1S/C12H16O2S/c1-7(10-6-11(10)12(13)14)5-9-4-3-8(2)15-9/h3-4,7,10-11H,5-6H2,1-2H3,(H,13,14). The third-order valence-corrected chi connectivity index (χ3v) is 4.23. The Morgan fingerprint density at radius 1 is 1.67 bits per heavy atom. The maximum Gasteiger partial charge on any atom is 0.306 e. The number of thiophene rings is 1. The lowest BCUT2D eigenvalue weighted by Crippen LogP contribution is -2.07. The van der Waals surface area contributed by atoms with Crippen LogP contribution < -0.4 is 0 Å². The van der Waals surface area contributed by atoms with Crippen molar-refractivity contribution in [1.82, 2.24) is 0 Å². The lowest BCUT2D eigenvalue weighted by molar-refractivity contribution is -0.139. The van der Waals surface area contributed by atoms with Crippen molar-refractivity contribution < 1.29 is 9.90 Å². The van der Waals surface area contributed by atoms with E-state index in [1.807, 2.05) is 11.3 Å². The van der Waals surface area contributed by atoms with Gasteiger partial charge in [-0.2, -0.15) is 0 Å². The number of hydrogen-bond acceptors (Lipinski definition) is 2. The fourth-order valence-electron chi connectivity index (χ4n) is 2.19. The van der Waals surface area contributed by atoms with Crippen LogP contribution in [0, 0.1) is 24.7 Å². The molecule has 1 heterocycles. The second-order valence-corrected chi connectivity index (χ2v) is 5.91. The monoisotopic (exact) mass is 224 g/mol. The molecule has 1 aliphatic carbocycles. The van der Waals surface area contributed by atoms with Crippen molar-refractivity contribution in [2.45, 2.75) is 26.7 Å². The lowest BCUT2D eigenvalue weighted by atomic mass is 10.00. The van der Waals surface area contributed by atoms with Crippen LogP contribution in [0.5, 0.6) is 0 Å². The summed E-state index contributed by atoms with van der Waals surface area (Å²) < 4.78 is 0. The summed E-state index contributed by atoms with van der Waals surface area (Å²) in [5.74, 6) is 0.226. The summed E-state index contributed by atoms with van der Waals surface area (Å²) in [6.07, 6.45) is 1.91. The quantitative estimate of drug-likeness (QED) is 0.853. The molecule has 15 heavy (non-hydrogen) atoms. The minimum Gasteiger partial charge on any atom is -0.481 e. The van der Waals surface area contributed by atoms with Gasteiger partial charge in [-0.3, -0.25) is 4.79 Å². The number of aryl methyl sites for hydroxylation is 1. The van der Waals surface area contributed by atoms with E-state index in [9.17, 15) is 4.79 Å². The first-order valence-electron chi connectivity index (χ1n) is 5.36. The molecule has 1 saturated carbocycles. The van der Waals surface area contributed by atoms with E-state index in [0.29, 0.717) is 11.8 Å². The third kappa shape index (κ3) is 2.40. The minimum absolute atomic E-state index is 0.0685. The van der Waals surface area contributed by atoms with Crippen LogP contribution in [0.15, 0.2) is 12.1 Å². The van der Waals surface area contributed by atoms with Gasteiger partial charge >= 0.3 is 5.97 Å². The zero-order valence-corrected chi connectivity index (χ0v) is 9.88. The van der Waals surface area contributed by atoms with E-state index < -0.39 is 5.97 Å². The van der Waals surface area contributed by atoms with Gasteiger partial charge in [-0.05, 0) is 43.7 Å². The van der Waals surface area contributed by atoms with Crippen molar-refractivity contribution in [3.05, 3.63) is 21.9 Å². The molecule has 1 aromatic rings. The van der Waals surface area contributed by atoms with E-state index in [-0.39, 0.29) is 5.92 Å². The molecule has 1 N–H and O–H groups in total. The third-order valence-electron chi connectivity index (χ3n) is 3.21. The highest BCUT2D eigenvalue weighted by Gasteiger charge is 2.46. The second kappa shape index (κ2) is 3.97. The molecule has 3 atom stereocenters. The Morgan fingerprint density at radius 2 is 2.40 bits per heavy atom. The summed E-state index contributed by atoms with van der Waals surface area (Å²) in [5, 5.41) is 8.85. The van der Waals surface area contributed by atoms with Crippen molar-refractivity contribution in [1.29, 1.82) is 0 Å². The molecule has 0 bridgehead atoms. The van der Waals surface area contributed by atoms with Gasteiger partial charge < -0.3 is 5.11 Å². The predicted octanol–water partition coefficient (Wildman–Crippen LogP) is 2.96. The van der Waals surface area contributed by atoms with Gasteiger partial charge in [0.15, 0.2) is 0 Å². The zero-order valence-electron chi connectivity index (χ0n) is 9.06. The van der Waals surface area contributed by atoms with E-state index in [1.54, 1.807) is 0 Å². The summed E-state index contributed by atoms with van der Waals surface area (Å²) in [5.41, 5.74) is 0. The Labute approximate surface area is 93.9 Å². The van der Waals surface area contributed by atoms with Gasteiger partial charge in [-0.25, -0.2) is 0 Å². The first kappa shape index (κ1) is 10.7. The number of carboxylic acids is 1. The van der Waals surface area contributed by atoms with Crippen molar-refractivity contribution in [2.75, 3.05) is 0 Å². The predicted molar refractivity (Wildman–Crippen MR) is 61.2 cm³/mol. The van der Waals surface area contributed by atoms with E-state index in [4.69, 9.17) is 5.11 Å². The number of carbonyl (C=O) groups is 1. The lowest BCUT2D eigenvalue weighted by Gasteiger charge is -2.08. The summed E-state index contributed by atoms with van der Waals surface area (Å²) in [7, 11) is 0. The largest absolute Gasteiger partial charge is 0.481 e. The summed E-state index contributed by atoms with van der Waals surface area (Å²) in [6.45, 7) is 4.28. The summed E-state index contributed by atoms with van der Waals surface area (Å²) in [4.78, 5) is 13.5. The average Bonchev–Trinajstić information content (AvgIpc) is 2.86. The van der Waals surface area contributed by atoms with Crippen LogP contribution in [-0.2, 0) is 11.2 Å². The van der Waals surface area contributed by atoms with Gasteiger partial charge in [0.1, 0.15) is 0 Å². The maximum atomic E-state index is 10.7. The second-order valence-electron chi connectivity index (χ2n) is 4.54. The molecule has 3 unspecified atom stereocenters. The van der Waals surface area contributed by atoms with Crippen molar-refractivity contribution in [3.63, 3.8) is 0 Å². The Bertz CT molecular complexity index is 369. The van der Waals surface area contributed by atoms with E-state index in [0.717, 1.165) is 12.8 Å². The Morgan fingerprint density at radius 3 is 2.87 bits per heavy atom. The molecule has 82 valence electrons. The normalized spacial score (nSPS) is 26.3. The van der Waals surface area contributed by atoms with Gasteiger partial charge in [0.05, 0.1) is 5.92 Å². The molecule has 1 aliphatic rings. The molecule has 2 rings (SSSR count). The number of aliphatic carboxylic acids is 1. The maximum absolute atomic E-state index is 10.7. The molecular weight excluding hydrogens is 208 g/mol. The molecule has 1 aromatic heterocycles. The van der Waals surface area contributed by atoms with E-state index in [1.165, 1.54) is 9.75 Å². The first-order valence-corrected chi connectivity index (χ1v) is 6.17. The molecule has 0 aromatic carbocycles. The molecule has 2 nitrogen and oxygen atoms in total. The van der Waals surface area contributed by atoms with Crippen LogP contribution in [0.2, 0.25) is 0 Å². The molecule has 0 aliphatic heterocycles. The fourth-order valence-corrected chi connectivity index (χ4v) is 3.22. The number of rotatable bonds is 4. The van der Waals surface area contributed by atoms with Crippen LogP contribution in [-0.4, -0.2) is 11.1 Å². The molecule has 0 radical (unpaired) electrons. The van der Waals surface area contributed by atoms with Crippen LogP contribution >= 0.6 is 11.3 Å². The Kier molecular flexibility index (Phi) is 2.83. The smallest absolute Gasteiger partial charge is 0.306 e. The fraction of sp³-hybridized carbons (Fsp3) is 0.583. The molecule has 1 fully saturated rings. The molecular formula is C12H16O2S. The van der Waals surface area contributed by atoms with Crippen LogP contribution in [0.1, 0.15) is 23.1 Å². The van der Waals surface area contributed by atoms with Crippen LogP contribution in [0.4, 0.5) is 0 Å². The molecule has 3 heteroatoms. The SMILES string of the molecule is Cc1ccc(CC(C)C2CC2C(=O)O)s1. The van der Waals surface area contributed by atoms with Gasteiger partial charge in [0, 0.05) is 9.75 Å². The van der Waals surface area contributed by atoms with Crippen LogP contribution in [0.25, 0.3) is 0 Å². The topological polar surface area (TPSA) is 37.3 Å².